The molecule has 2 aliphatic heterocycles. The lowest BCUT2D eigenvalue weighted by atomic mass is 9.85. The maximum atomic E-state index is 14.5. The molecule has 2 saturated heterocycles. The number of sulfonamides is 1. The Kier molecular flexibility index (Phi) is 10.2. The van der Waals surface area contributed by atoms with Crippen LogP contribution in [0.4, 0.5) is 10.5 Å². The number of hydrogen-bond acceptors (Lipinski definition) is 9. The van der Waals surface area contributed by atoms with Crippen molar-refractivity contribution in [2.24, 2.45) is 11.3 Å². The summed E-state index contributed by atoms with van der Waals surface area (Å²) in [5.74, 6) is -3.00. The van der Waals surface area contributed by atoms with E-state index in [4.69, 9.17) is 4.74 Å². The number of carbonyl (C=O) groups excluding carboxylic acids is 5. The average molecular weight is 715 g/mol. The smallest absolute Gasteiger partial charge is 0.324 e. The van der Waals surface area contributed by atoms with Crippen molar-refractivity contribution in [3.63, 3.8) is 0 Å². The first-order chi connectivity index (χ1) is 23.3. The van der Waals surface area contributed by atoms with Gasteiger partial charge in [-0.3, -0.25) is 34.1 Å². The van der Waals surface area contributed by atoms with Crippen molar-refractivity contribution < 1.29 is 37.1 Å². The van der Waals surface area contributed by atoms with Crippen molar-refractivity contribution >= 4 is 45.4 Å². The predicted octanol–water partition coefficient (Wildman–Crippen LogP) is 1.91. The first-order valence-corrected chi connectivity index (χ1v) is 18.7. The van der Waals surface area contributed by atoms with E-state index in [9.17, 15) is 32.4 Å². The van der Waals surface area contributed by atoms with Crippen molar-refractivity contribution in [3.8, 4) is 0 Å². The molecule has 0 aromatic heterocycles. The molecular formula is C35H50N6O8S. The molecule has 4 aliphatic rings. The second-order valence-corrected chi connectivity index (χ2v) is 17.8. The van der Waals surface area contributed by atoms with Crippen LogP contribution in [0.1, 0.15) is 67.2 Å². The summed E-state index contributed by atoms with van der Waals surface area (Å²) in [4.78, 5) is 73.2. The second-order valence-electron chi connectivity index (χ2n) is 15.8. The third-order valence-corrected chi connectivity index (χ3v) is 11.5. The number of carbonyl (C=O) groups is 5. The molecule has 50 heavy (non-hydrogen) atoms. The minimum Gasteiger partial charge on any atom is -0.459 e. The fourth-order valence-corrected chi connectivity index (χ4v) is 8.15. The van der Waals surface area contributed by atoms with E-state index in [2.05, 4.69) is 21.9 Å². The number of esters is 1. The van der Waals surface area contributed by atoms with Gasteiger partial charge in [0.2, 0.25) is 21.8 Å². The Morgan fingerprint density at radius 2 is 1.72 bits per heavy atom. The molecule has 3 N–H and O–H groups in total. The van der Waals surface area contributed by atoms with E-state index in [-0.39, 0.29) is 32.0 Å². The van der Waals surface area contributed by atoms with Gasteiger partial charge in [-0.1, -0.05) is 45.0 Å². The molecule has 2 saturated carbocycles. The number of ether oxygens (including phenoxy) is 1. The van der Waals surface area contributed by atoms with Gasteiger partial charge in [0.1, 0.15) is 17.2 Å². The highest BCUT2D eigenvalue weighted by atomic mass is 32.2. The molecule has 1 aromatic rings. The molecule has 5 amide bonds. The summed E-state index contributed by atoms with van der Waals surface area (Å²) >= 11 is 0. The SMILES string of the molecule is C=C[C@@H]1C[C@]1(NC(=O)[C@@H]1C[C@@H](N2CCN(c3ccccc3)C2=O)CN1C(=O)[C@@H](NCC(=O)OC(C)(C)C)C(C)(C)C)C(=O)NS(=O)(=O)C1CC1. The first kappa shape index (κ1) is 37.3. The number of benzene rings is 1. The molecule has 2 aliphatic carbocycles. The summed E-state index contributed by atoms with van der Waals surface area (Å²) < 4.78 is 32.9. The fraction of sp³-hybridized carbons (Fsp3) is 0.629. The number of rotatable bonds is 12. The molecule has 15 heteroatoms. The number of para-hydroxylation sites is 1. The number of nitrogens with one attached hydrogen (secondary N) is 3. The molecule has 1 aromatic carbocycles. The van der Waals surface area contributed by atoms with Gasteiger partial charge in [0.05, 0.1) is 23.9 Å². The van der Waals surface area contributed by atoms with Crippen LogP contribution in [-0.2, 0) is 33.9 Å². The Morgan fingerprint density at radius 1 is 1.06 bits per heavy atom. The van der Waals surface area contributed by atoms with Crippen LogP contribution in [-0.4, -0.2) is 109 Å². The Balaban J connectivity index is 1.40. The van der Waals surface area contributed by atoms with E-state index in [1.54, 1.807) is 30.6 Å². The Bertz CT molecular complexity index is 1630. The molecule has 274 valence electrons. The van der Waals surface area contributed by atoms with Crippen molar-refractivity contribution in [1.82, 2.24) is 25.2 Å². The van der Waals surface area contributed by atoms with Gasteiger partial charge in [-0.2, -0.15) is 0 Å². The summed E-state index contributed by atoms with van der Waals surface area (Å²) in [5.41, 5.74) is -2.25. The zero-order valence-corrected chi connectivity index (χ0v) is 30.5. The summed E-state index contributed by atoms with van der Waals surface area (Å²) in [6.07, 6.45) is 2.66. The van der Waals surface area contributed by atoms with Gasteiger partial charge in [0, 0.05) is 31.2 Å². The number of nitrogens with zero attached hydrogens (tertiary/aromatic N) is 3. The summed E-state index contributed by atoms with van der Waals surface area (Å²) in [6.45, 7) is 15.1. The van der Waals surface area contributed by atoms with Crippen LogP contribution < -0.4 is 20.3 Å². The largest absolute Gasteiger partial charge is 0.459 e. The van der Waals surface area contributed by atoms with Crippen molar-refractivity contribution in [1.29, 1.82) is 0 Å². The van der Waals surface area contributed by atoms with E-state index in [0.29, 0.717) is 25.9 Å². The Hall–Kier alpha value is -3.98. The molecule has 4 fully saturated rings. The second kappa shape index (κ2) is 13.6. The minimum absolute atomic E-state index is 0.0339. The molecule has 0 unspecified atom stereocenters. The first-order valence-electron chi connectivity index (χ1n) is 17.2. The number of anilines is 1. The number of amides is 5. The van der Waals surface area contributed by atoms with Gasteiger partial charge in [0.25, 0.3) is 5.91 Å². The number of hydrogen-bond donors (Lipinski definition) is 3. The van der Waals surface area contributed by atoms with Crippen molar-refractivity contribution in [2.75, 3.05) is 31.1 Å². The van der Waals surface area contributed by atoms with E-state index in [1.807, 2.05) is 51.1 Å². The van der Waals surface area contributed by atoms with E-state index < -0.39 is 79.6 Å². The summed E-state index contributed by atoms with van der Waals surface area (Å²) in [5, 5.41) is 5.21. The molecular weight excluding hydrogens is 664 g/mol. The quantitative estimate of drug-likeness (QED) is 0.216. The van der Waals surface area contributed by atoms with Gasteiger partial charge >= 0.3 is 12.0 Å². The predicted molar refractivity (Wildman–Crippen MR) is 186 cm³/mol. The summed E-state index contributed by atoms with van der Waals surface area (Å²) in [6, 6.07) is 6.41. The van der Waals surface area contributed by atoms with E-state index in [0.717, 1.165) is 5.69 Å². The van der Waals surface area contributed by atoms with E-state index >= 15 is 0 Å². The lowest BCUT2D eigenvalue weighted by Gasteiger charge is -2.36. The van der Waals surface area contributed by atoms with Crippen LogP contribution in [0.2, 0.25) is 0 Å². The van der Waals surface area contributed by atoms with Gasteiger partial charge in [0.15, 0.2) is 0 Å². The molecule has 2 heterocycles. The molecule has 0 spiro atoms. The van der Waals surface area contributed by atoms with Crippen LogP contribution in [0.25, 0.3) is 0 Å². The normalized spacial score (nSPS) is 26.0. The molecule has 0 bridgehead atoms. The highest BCUT2D eigenvalue weighted by molar-refractivity contribution is 7.91. The van der Waals surface area contributed by atoms with Crippen LogP contribution in [0.3, 0.4) is 0 Å². The van der Waals surface area contributed by atoms with Gasteiger partial charge in [-0.05, 0) is 64.0 Å². The summed E-state index contributed by atoms with van der Waals surface area (Å²) in [7, 11) is -3.89. The highest BCUT2D eigenvalue weighted by Gasteiger charge is 2.62. The van der Waals surface area contributed by atoms with Gasteiger partial charge < -0.3 is 19.9 Å². The highest BCUT2D eigenvalue weighted by Crippen LogP contribution is 2.45. The van der Waals surface area contributed by atoms with Crippen LogP contribution in [0.15, 0.2) is 43.0 Å². The van der Waals surface area contributed by atoms with E-state index in [1.165, 1.54) is 11.0 Å². The molecule has 5 rings (SSSR count). The van der Waals surface area contributed by atoms with Crippen LogP contribution in [0, 0.1) is 11.3 Å². The number of urea groups is 1. The molecule has 0 radical (unpaired) electrons. The van der Waals surface area contributed by atoms with Gasteiger partial charge in [-0.25, -0.2) is 13.2 Å². The lowest BCUT2D eigenvalue weighted by molar-refractivity contribution is -0.154. The topological polar surface area (TPSA) is 175 Å². The molecule has 5 atom stereocenters. The Morgan fingerprint density at radius 3 is 2.28 bits per heavy atom. The van der Waals surface area contributed by atoms with Gasteiger partial charge in [-0.15, -0.1) is 6.58 Å². The fourth-order valence-electron chi connectivity index (χ4n) is 6.78. The zero-order valence-electron chi connectivity index (χ0n) is 29.7. The van der Waals surface area contributed by atoms with Crippen LogP contribution in [0.5, 0.6) is 0 Å². The van der Waals surface area contributed by atoms with Crippen molar-refractivity contribution in [3.05, 3.63) is 43.0 Å². The molecule has 14 nitrogen and oxygen atoms in total. The monoisotopic (exact) mass is 714 g/mol. The lowest BCUT2D eigenvalue weighted by Crippen LogP contribution is -2.60. The third kappa shape index (κ3) is 7.98. The maximum Gasteiger partial charge on any atom is 0.324 e. The zero-order chi connectivity index (χ0) is 36.8. The maximum absolute atomic E-state index is 14.5. The number of likely N-dealkylation sites (tertiary alicyclic amines) is 1. The standard InChI is InChI=1S/C35H50N6O8S/c1-8-22-19-35(22,31(45)38-50(47,48)25-14-15-25)37-29(43)26-18-24(40-17-16-39(32(40)46)23-12-10-9-11-13-23)21-41(26)30(44)28(33(2,3)4)36-20-27(42)49-34(5,6)7/h8-13,22,24-26,28,36H,1,14-21H2,2-7H3,(H,37,43)(H,38,45)/t22-,24-,26+,28-,35-/m1/s1. The van der Waals surface area contributed by atoms with Crippen molar-refractivity contribution in [2.45, 2.75) is 102 Å². The minimum atomic E-state index is -3.89. The Labute approximate surface area is 294 Å². The van der Waals surface area contributed by atoms with Crippen LogP contribution >= 0.6 is 0 Å². The average Bonchev–Trinajstić information content (AvgIpc) is 3.91. The third-order valence-electron chi connectivity index (χ3n) is 9.65.